The van der Waals surface area contributed by atoms with Crippen LogP contribution in [-0.2, 0) is 6.42 Å². The molecule has 1 aliphatic rings. The maximum absolute atomic E-state index is 2.43. The van der Waals surface area contributed by atoms with Gasteiger partial charge in [0.05, 0.1) is 0 Å². The predicted molar refractivity (Wildman–Crippen MR) is 97.2 cm³/mol. The SMILES string of the molecule is C1=C(P(c2ccccc2)c2ccccc2)c2ccccc2C1. The molecule has 0 radical (unpaired) electrons. The average Bonchev–Trinajstić information content (AvgIpc) is 3.01. The van der Waals surface area contributed by atoms with Crippen LogP contribution in [0.25, 0.3) is 5.31 Å². The Morgan fingerprint density at radius 3 is 1.77 bits per heavy atom. The molecule has 0 unspecified atom stereocenters. The van der Waals surface area contributed by atoms with Crippen molar-refractivity contribution in [1.82, 2.24) is 0 Å². The highest BCUT2D eigenvalue weighted by molar-refractivity contribution is 7.82. The zero-order chi connectivity index (χ0) is 14.8. The lowest BCUT2D eigenvalue weighted by Gasteiger charge is -2.21. The fourth-order valence-electron chi connectivity index (χ4n) is 3.06. The van der Waals surface area contributed by atoms with Gasteiger partial charge in [0.2, 0.25) is 0 Å². The smallest absolute Gasteiger partial charge is 0.00814 e. The maximum Gasteiger partial charge on any atom is -0.00814 e. The van der Waals surface area contributed by atoms with Crippen molar-refractivity contribution in [3.05, 3.63) is 102 Å². The number of fused-ring (bicyclic) bond motifs is 1. The Balaban J connectivity index is 1.86. The predicted octanol–water partition coefficient (Wildman–Crippen LogP) is 4.72. The zero-order valence-electron chi connectivity index (χ0n) is 12.3. The zero-order valence-corrected chi connectivity index (χ0v) is 13.2. The topological polar surface area (TPSA) is 0 Å². The second-order valence-corrected chi connectivity index (χ2v) is 7.64. The van der Waals surface area contributed by atoms with Crippen LogP contribution in [0.3, 0.4) is 0 Å². The van der Waals surface area contributed by atoms with Gasteiger partial charge < -0.3 is 0 Å². The van der Waals surface area contributed by atoms with Crippen LogP contribution in [0.15, 0.2) is 91.0 Å². The highest BCUT2D eigenvalue weighted by Crippen LogP contribution is 2.51. The van der Waals surface area contributed by atoms with E-state index in [9.17, 15) is 0 Å². The van der Waals surface area contributed by atoms with Gasteiger partial charge in [-0.2, -0.15) is 0 Å². The molecule has 0 atom stereocenters. The first kappa shape index (κ1) is 13.5. The van der Waals surface area contributed by atoms with Gasteiger partial charge in [0.25, 0.3) is 0 Å². The van der Waals surface area contributed by atoms with Crippen molar-refractivity contribution >= 4 is 23.8 Å². The third kappa shape index (κ3) is 2.40. The van der Waals surface area contributed by atoms with E-state index in [4.69, 9.17) is 0 Å². The lowest BCUT2D eigenvalue weighted by Crippen LogP contribution is -2.12. The van der Waals surface area contributed by atoms with Crippen LogP contribution >= 0.6 is 7.92 Å². The van der Waals surface area contributed by atoms with Gasteiger partial charge in [-0.3, -0.25) is 0 Å². The van der Waals surface area contributed by atoms with Crippen LogP contribution in [0.4, 0.5) is 0 Å². The Labute approximate surface area is 132 Å². The van der Waals surface area contributed by atoms with Crippen LogP contribution in [0.1, 0.15) is 11.1 Å². The van der Waals surface area contributed by atoms with Gasteiger partial charge >= 0.3 is 0 Å². The van der Waals surface area contributed by atoms with Crippen molar-refractivity contribution in [2.24, 2.45) is 0 Å². The van der Waals surface area contributed by atoms with Gasteiger partial charge in [0.15, 0.2) is 0 Å². The summed E-state index contributed by atoms with van der Waals surface area (Å²) in [6.45, 7) is 0. The molecule has 0 bridgehead atoms. The number of rotatable bonds is 3. The molecule has 3 aromatic rings. The molecule has 3 aromatic carbocycles. The largest absolute Gasteiger partial charge is 0.0711 e. The lowest BCUT2D eigenvalue weighted by molar-refractivity contribution is 1.31. The second-order valence-electron chi connectivity index (χ2n) is 5.46. The van der Waals surface area contributed by atoms with Crippen molar-refractivity contribution in [3.8, 4) is 0 Å². The van der Waals surface area contributed by atoms with E-state index in [0.717, 1.165) is 6.42 Å². The molecule has 0 saturated carbocycles. The molecule has 0 spiro atoms. The van der Waals surface area contributed by atoms with Gasteiger partial charge in [-0.05, 0) is 41.4 Å². The van der Waals surface area contributed by atoms with Crippen molar-refractivity contribution < 1.29 is 0 Å². The molecule has 0 nitrogen and oxygen atoms in total. The van der Waals surface area contributed by atoms with Crippen LogP contribution in [0.2, 0.25) is 0 Å². The first-order chi connectivity index (χ1) is 10.9. The fraction of sp³-hybridized carbons (Fsp3) is 0.0476. The summed E-state index contributed by atoms with van der Waals surface area (Å²) < 4.78 is 0. The Morgan fingerprint density at radius 2 is 1.14 bits per heavy atom. The first-order valence-corrected chi connectivity index (χ1v) is 8.96. The second kappa shape index (κ2) is 5.91. The normalized spacial score (nSPS) is 13.0. The molecular weight excluding hydrogens is 283 g/mol. The van der Waals surface area contributed by atoms with Gasteiger partial charge in [0, 0.05) is 0 Å². The minimum Gasteiger partial charge on any atom is -0.0711 e. The number of allylic oxidation sites excluding steroid dienone is 1. The quantitative estimate of drug-likeness (QED) is 0.614. The summed E-state index contributed by atoms with van der Waals surface area (Å²) in [7, 11) is -0.477. The van der Waals surface area contributed by atoms with Crippen LogP contribution in [0.5, 0.6) is 0 Å². The maximum atomic E-state index is 2.43. The lowest BCUT2D eigenvalue weighted by atomic mass is 10.1. The van der Waals surface area contributed by atoms with Crippen LogP contribution in [0, 0.1) is 0 Å². The molecule has 4 rings (SSSR count). The van der Waals surface area contributed by atoms with Crippen molar-refractivity contribution in [3.63, 3.8) is 0 Å². The first-order valence-electron chi connectivity index (χ1n) is 7.62. The van der Waals surface area contributed by atoms with Gasteiger partial charge in [-0.25, -0.2) is 0 Å². The molecule has 0 fully saturated rings. The summed E-state index contributed by atoms with van der Waals surface area (Å²) in [5, 5.41) is 4.35. The molecule has 0 amide bonds. The van der Waals surface area contributed by atoms with Crippen molar-refractivity contribution in [2.45, 2.75) is 6.42 Å². The van der Waals surface area contributed by atoms with E-state index in [-0.39, 0.29) is 0 Å². The average molecular weight is 300 g/mol. The monoisotopic (exact) mass is 300 g/mol. The van der Waals surface area contributed by atoms with Crippen molar-refractivity contribution in [1.29, 1.82) is 0 Å². The Kier molecular flexibility index (Phi) is 3.62. The van der Waals surface area contributed by atoms with E-state index in [1.807, 2.05) is 0 Å². The standard InChI is InChI=1S/C21H17P/c1-3-10-18(11-4-1)22(19-12-5-2-6-13-19)21-16-15-17-9-7-8-14-20(17)21/h1-14,16H,15H2. The summed E-state index contributed by atoms with van der Waals surface area (Å²) >= 11 is 0. The van der Waals surface area contributed by atoms with Gasteiger partial charge in [-0.1, -0.05) is 91.0 Å². The molecular formula is C21H17P. The highest BCUT2D eigenvalue weighted by Gasteiger charge is 2.24. The number of hydrogen-bond acceptors (Lipinski definition) is 0. The number of hydrogen-bond donors (Lipinski definition) is 0. The Hall–Kier alpha value is -2.17. The third-order valence-corrected chi connectivity index (χ3v) is 6.61. The number of benzene rings is 3. The van der Waals surface area contributed by atoms with E-state index < -0.39 is 7.92 Å². The molecule has 0 aliphatic heterocycles. The molecule has 1 heteroatoms. The molecule has 0 heterocycles. The third-order valence-electron chi connectivity index (χ3n) is 4.08. The Morgan fingerprint density at radius 1 is 0.591 bits per heavy atom. The fourth-order valence-corrected chi connectivity index (χ4v) is 5.59. The highest BCUT2D eigenvalue weighted by atomic mass is 31.1. The van der Waals surface area contributed by atoms with E-state index in [1.165, 1.54) is 27.1 Å². The summed E-state index contributed by atoms with van der Waals surface area (Å²) in [6.07, 6.45) is 3.49. The van der Waals surface area contributed by atoms with Crippen molar-refractivity contribution in [2.75, 3.05) is 0 Å². The minimum atomic E-state index is -0.477. The van der Waals surface area contributed by atoms with Crippen LogP contribution in [-0.4, -0.2) is 0 Å². The molecule has 106 valence electrons. The molecule has 0 aromatic heterocycles. The molecule has 1 aliphatic carbocycles. The summed E-state index contributed by atoms with van der Waals surface area (Å²) in [5.74, 6) is 0. The Bertz CT molecular complexity index is 764. The summed E-state index contributed by atoms with van der Waals surface area (Å²) in [4.78, 5) is 0. The molecule has 0 N–H and O–H groups in total. The summed E-state index contributed by atoms with van der Waals surface area (Å²) in [6, 6.07) is 30.7. The summed E-state index contributed by atoms with van der Waals surface area (Å²) in [5.41, 5.74) is 2.89. The van der Waals surface area contributed by atoms with E-state index in [1.54, 1.807) is 0 Å². The van der Waals surface area contributed by atoms with Crippen LogP contribution < -0.4 is 10.6 Å². The van der Waals surface area contributed by atoms with E-state index >= 15 is 0 Å². The van der Waals surface area contributed by atoms with Gasteiger partial charge in [0.1, 0.15) is 0 Å². The minimum absolute atomic E-state index is 0.477. The molecule has 0 saturated heterocycles. The van der Waals surface area contributed by atoms with E-state index in [0.29, 0.717) is 0 Å². The van der Waals surface area contributed by atoms with E-state index in [2.05, 4.69) is 91.0 Å². The van der Waals surface area contributed by atoms with Gasteiger partial charge in [-0.15, -0.1) is 0 Å². The molecule has 22 heavy (non-hydrogen) atoms.